The van der Waals surface area contributed by atoms with Crippen molar-refractivity contribution >= 4 is 52.5 Å². The summed E-state index contributed by atoms with van der Waals surface area (Å²) >= 11 is 13.5. The van der Waals surface area contributed by atoms with E-state index in [0.717, 1.165) is 0 Å². The van der Waals surface area contributed by atoms with Gasteiger partial charge in [-0.05, 0) is 42.7 Å². The van der Waals surface area contributed by atoms with Gasteiger partial charge in [0, 0.05) is 17.3 Å². The number of hydrogen-bond acceptors (Lipinski definition) is 5. The first-order chi connectivity index (χ1) is 16.8. The fourth-order valence-corrected chi connectivity index (χ4v) is 4.61. The standard InChI is InChI=1S/C25H27Cl2N5O2S/c1-4-12-32-23(21(13-16(2)3)29-24(34)19-10-5-6-11-20(19)27)30-31-25(32)35-15-22(33)28-18-9-7-8-17(26)14-18/h4-11,14,16,21H,1,12-13,15H2,2-3H3,(H,28,33)(H,29,34)/t21-/m0/s1. The van der Waals surface area contributed by atoms with Gasteiger partial charge in [-0.3, -0.25) is 9.59 Å². The predicted octanol–water partition coefficient (Wildman–Crippen LogP) is 6.02. The molecule has 0 bridgehead atoms. The van der Waals surface area contributed by atoms with Crippen molar-refractivity contribution in [3.8, 4) is 0 Å². The van der Waals surface area contributed by atoms with Crippen molar-refractivity contribution in [1.82, 2.24) is 20.1 Å². The molecule has 2 amide bonds. The molecule has 184 valence electrons. The Kier molecular flexibility index (Phi) is 9.77. The van der Waals surface area contributed by atoms with E-state index in [-0.39, 0.29) is 23.5 Å². The second-order valence-corrected chi connectivity index (χ2v) is 10.0. The molecule has 0 fully saturated rings. The Morgan fingerprint density at radius 2 is 1.91 bits per heavy atom. The van der Waals surface area contributed by atoms with Crippen LogP contribution >= 0.6 is 35.0 Å². The van der Waals surface area contributed by atoms with E-state index in [0.29, 0.717) is 45.2 Å². The van der Waals surface area contributed by atoms with Crippen molar-refractivity contribution in [2.75, 3.05) is 11.1 Å². The van der Waals surface area contributed by atoms with Crippen molar-refractivity contribution in [1.29, 1.82) is 0 Å². The Hall–Kier alpha value is -2.81. The third-order valence-electron chi connectivity index (χ3n) is 4.94. The predicted molar refractivity (Wildman–Crippen MR) is 142 cm³/mol. The molecule has 0 radical (unpaired) electrons. The molecule has 10 heteroatoms. The normalized spacial score (nSPS) is 11.8. The van der Waals surface area contributed by atoms with E-state index in [1.54, 1.807) is 54.6 Å². The van der Waals surface area contributed by atoms with Gasteiger partial charge in [-0.1, -0.05) is 73.1 Å². The molecule has 3 aromatic rings. The van der Waals surface area contributed by atoms with Crippen molar-refractivity contribution in [3.05, 3.63) is 82.6 Å². The average molecular weight is 532 g/mol. The number of thioether (sulfide) groups is 1. The van der Waals surface area contributed by atoms with Gasteiger partial charge in [-0.2, -0.15) is 0 Å². The molecule has 1 atom stereocenters. The first-order valence-electron chi connectivity index (χ1n) is 11.1. The minimum absolute atomic E-state index is 0.128. The van der Waals surface area contributed by atoms with Crippen LogP contribution in [0.5, 0.6) is 0 Å². The highest BCUT2D eigenvalue weighted by Crippen LogP contribution is 2.26. The molecule has 0 saturated heterocycles. The summed E-state index contributed by atoms with van der Waals surface area (Å²) in [7, 11) is 0. The molecule has 0 saturated carbocycles. The van der Waals surface area contributed by atoms with Crippen LogP contribution in [0.4, 0.5) is 5.69 Å². The Labute approximate surface area is 219 Å². The number of hydrogen-bond donors (Lipinski definition) is 2. The van der Waals surface area contributed by atoms with Crippen LogP contribution in [0.3, 0.4) is 0 Å². The van der Waals surface area contributed by atoms with Crippen molar-refractivity contribution in [2.24, 2.45) is 5.92 Å². The van der Waals surface area contributed by atoms with E-state index >= 15 is 0 Å². The van der Waals surface area contributed by atoms with E-state index in [4.69, 9.17) is 23.2 Å². The number of halogens is 2. The van der Waals surface area contributed by atoms with Crippen LogP contribution in [0, 0.1) is 5.92 Å². The number of carbonyl (C=O) groups excluding carboxylic acids is 2. The number of anilines is 1. The minimum atomic E-state index is -0.402. The Bertz CT molecular complexity index is 1200. The van der Waals surface area contributed by atoms with Crippen LogP contribution in [-0.4, -0.2) is 32.3 Å². The third kappa shape index (κ3) is 7.59. The maximum Gasteiger partial charge on any atom is 0.253 e. The van der Waals surface area contributed by atoms with Gasteiger partial charge in [0.05, 0.1) is 22.4 Å². The molecule has 0 aliphatic heterocycles. The lowest BCUT2D eigenvalue weighted by molar-refractivity contribution is -0.113. The summed E-state index contributed by atoms with van der Waals surface area (Å²) in [5.74, 6) is 0.516. The molecule has 3 rings (SSSR count). The fraction of sp³-hybridized carbons (Fsp3) is 0.280. The fourth-order valence-electron chi connectivity index (χ4n) is 3.44. The summed E-state index contributed by atoms with van der Waals surface area (Å²) < 4.78 is 1.87. The van der Waals surface area contributed by atoms with Crippen molar-refractivity contribution in [2.45, 2.75) is 38.0 Å². The summed E-state index contributed by atoms with van der Waals surface area (Å²) in [5.41, 5.74) is 1.01. The third-order valence-corrected chi connectivity index (χ3v) is 6.47. The van der Waals surface area contributed by atoms with Gasteiger partial charge in [-0.15, -0.1) is 16.8 Å². The van der Waals surface area contributed by atoms with Crippen LogP contribution in [-0.2, 0) is 11.3 Å². The molecule has 35 heavy (non-hydrogen) atoms. The highest BCUT2D eigenvalue weighted by Gasteiger charge is 2.25. The summed E-state index contributed by atoms with van der Waals surface area (Å²) in [6.07, 6.45) is 2.37. The first-order valence-corrected chi connectivity index (χ1v) is 12.8. The smallest absolute Gasteiger partial charge is 0.253 e. The molecule has 0 aliphatic rings. The number of benzene rings is 2. The summed E-state index contributed by atoms with van der Waals surface area (Å²) in [4.78, 5) is 25.4. The Balaban J connectivity index is 1.78. The Morgan fingerprint density at radius 1 is 1.14 bits per heavy atom. The molecule has 1 heterocycles. The molecule has 1 aromatic heterocycles. The molecule has 2 N–H and O–H groups in total. The maximum atomic E-state index is 13.0. The number of rotatable bonds is 11. The van der Waals surface area contributed by atoms with Gasteiger partial charge in [0.2, 0.25) is 5.91 Å². The van der Waals surface area contributed by atoms with Crippen LogP contribution in [0.25, 0.3) is 0 Å². The molecule has 2 aromatic carbocycles. The minimum Gasteiger partial charge on any atom is -0.342 e. The van der Waals surface area contributed by atoms with E-state index < -0.39 is 6.04 Å². The Morgan fingerprint density at radius 3 is 2.60 bits per heavy atom. The number of aromatic nitrogens is 3. The molecule has 0 spiro atoms. The highest BCUT2D eigenvalue weighted by molar-refractivity contribution is 7.99. The quantitative estimate of drug-likeness (QED) is 0.233. The van der Waals surface area contributed by atoms with E-state index in [9.17, 15) is 9.59 Å². The molecule has 0 unspecified atom stereocenters. The van der Waals surface area contributed by atoms with E-state index in [1.165, 1.54) is 11.8 Å². The van der Waals surface area contributed by atoms with Crippen molar-refractivity contribution in [3.63, 3.8) is 0 Å². The van der Waals surface area contributed by atoms with Crippen molar-refractivity contribution < 1.29 is 9.59 Å². The van der Waals surface area contributed by atoms with Gasteiger partial charge in [-0.25, -0.2) is 0 Å². The second kappa shape index (κ2) is 12.8. The maximum absolute atomic E-state index is 13.0. The summed E-state index contributed by atoms with van der Waals surface area (Å²) in [5, 5.41) is 16.0. The van der Waals surface area contributed by atoms with Crippen LogP contribution in [0.1, 0.15) is 42.5 Å². The number of nitrogens with one attached hydrogen (secondary N) is 2. The SMILES string of the molecule is C=CCn1c(SCC(=O)Nc2cccc(Cl)c2)nnc1[C@H](CC(C)C)NC(=O)c1ccccc1Cl. The lowest BCUT2D eigenvalue weighted by atomic mass is 10.0. The van der Waals surface area contributed by atoms with Gasteiger partial charge < -0.3 is 15.2 Å². The lowest BCUT2D eigenvalue weighted by Crippen LogP contribution is -2.32. The largest absolute Gasteiger partial charge is 0.342 e. The molecular weight excluding hydrogens is 505 g/mol. The lowest BCUT2D eigenvalue weighted by Gasteiger charge is -2.21. The average Bonchev–Trinajstić information content (AvgIpc) is 3.20. The van der Waals surface area contributed by atoms with Crippen LogP contribution < -0.4 is 10.6 Å². The number of nitrogens with zero attached hydrogens (tertiary/aromatic N) is 3. The molecule has 0 aliphatic carbocycles. The monoisotopic (exact) mass is 531 g/mol. The van der Waals surface area contributed by atoms with Gasteiger partial charge >= 0.3 is 0 Å². The topological polar surface area (TPSA) is 88.9 Å². The summed E-state index contributed by atoms with van der Waals surface area (Å²) in [6.45, 7) is 8.40. The zero-order valence-corrected chi connectivity index (χ0v) is 21.8. The van der Waals surface area contributed by atoms with E-state index in [1.807, 2.05) is 4.57 Å². The van der Waals surface area contributed by atoms with Crippen LogP contribution in [0.2, 0.25) is 10.0 Å². The molecule has 7 nitrogen and oxygen atoms in total. The van der Waals surface area contributed by atoms with E-state index in [2.05, 4.69) is 41.3 Å². The zero-order valence-electron chi connectivity index (χ0n) is 19.5. The number of carbonyl (C=O) groups is 2. The van der Waals surface area contributed by atoms with Gasteiger partial charge in [0.15, 0.2) is 11.0 Å². The van der Waals surface area contributed by atoms with Gasteiger partial charge in [0.1, 0.15) is 0 Å². The first kappa shape index (κ1) is 26.8. The summed E-state index contributed by atoms with van der Waals surface area (Å²) in [6, 6.07) is 13.5. The van der Waals surface area contributed by atoms with Crippen LogP contribution in [0.15, 0.2) is 66.3 Å². The second-order valence-electron chi connectivity index (χ2n) is 8.22. The number of allylic oxidation sites excluding steroid dienone is 1. The van der Waals surface area contributed by atoms with Gasteiger partial charge in [0.25, 0.3) is 5.91 Å². The highest BCUT2D eigenvalue weighted by atomic mass is 35.5. The molecular formula is C25H27Cl2N5O2S. The zero-order chi connectivity index (χ0) is 25.4. The number of amides is 2.